The molecule has 122 valence electrons. The Morgan fingerprint density at radius 2 is 2.04 bits per heavy atom. The summed E-state index contributed by atoms with van der Waals surface area (Å²) in [5, 5.41) is 0. The zero-order valence-electron chi connectivity index (χ0n) is 12.9. The molecule has 1 aromatic heterocycles. The van der Waals surface area contributed by atoms with Gasteiger partial charge in [0.1, 0.15) is 5.82 Å². The van der Waals surface area contributed by atoms with E-state index in [9.17, 15) is 14.0 Å². The number of likely N-dealkylation sites (tertiary alicyclic amines) is 2. The lowest BCUT2D eigenvalue weighted by atomic mass is 9.83. The zero-order chi connectivity index (χ0) is 16.0. The number of pyridine rings is 1. The Kier molecular flexibility index (Phi) is 3.54. The highest BCUT2D eigenvalue weighted by molar-refractivity contribution is 5.94. The van der Waals surface area contributed by atoms with E-state index in [-0.39, 0.29) is 17.9 Å². The first-order valence-electron chi connectivity index (χ1n) is 8.34. The minimum absolute atomic E-state index is 0.162. The second-order valence-corrected chi connectivity index (χ2v) is 6.83. The van der Waals surface area contributed by atoms with Gasteiger partial charge in [0.25, 0.3) is 5.91 Å². The van der Waals surface area contributed by atoms with Crippen molar-refractivity contribution < 1.29 is 14.0 Å². The van der Waals surface area contributed by atoms with Crippen LogP contribution in [-0.2, 0) is 4.79 Å². The van der Waals surface area contributed by atoms with Crippen molar-refractivity contribution in [3.05, 3.63) is 29.8 Å². The van der Waals surface area contributed by atoms with Gasteiger partial charge in [0.2, 0.25) is 5.91 Å². The lowest BCUT2D eigenvalue weighted by Crippen LogP contribution is -2.57. The van der Waals surface area contributed by atoms with Crippen molar-refractivity contribution in [3.8, 4) is 0 Å². The highest BCUT2D eigenvalue weighted by Gasteiger charge is 2.45. The first-order chi connectivity index (χ1) is 11.1. The first-order valence-corrected chi connectivity index (χ1v) is 8.34. The molecule has 3 fully saturated rings. The molecule has 2 atom stereocenters. The Bertz CT molecular complexity index is 646. The number of rotatable bonds is 2. The third kappa shape index (κ3) is 2.71. The number of halogens is 1. The molecule has 2 aliphatic heterocycles. The van der Waals surface area contributed by atoms with Gasteiger partial charge >= 0.3 is 0 Å². The van der Waals surface area contributed by atoms with Crippen LogP contribution in [0.15, 0.2) is 18.5 Å². The van der Waals surface area contributed by atoms with Crippen LogP contribution >= 0.6 is 0 Å². The Labute approximate surface area is 134 Å². The highest BCUT2D eigenvalue weighted by atomic mass is 19.1. The summed E-state index contributed by atoms with van der Waals surface area (Å²) in [5.41, 5.74) is 0.300. The topological polar surface area (TPSA) is 53.5 Å². The number of fused-ring (bicyclic) bond motifs is 1. The maximum atomic E-state index is 13.3. The van der Waals surface area contributed by atoms with Gasteiger partial charge in [-0.3, -0.25) is 14.6 Å². The van der Waals surface area contributed by atoms with E-state index in [1.807, 2.05) is 0 Å². The molecule has 1 aliphatic carbocycles. The molecule has 5 nitrogen and oxygen atoms in total. The molecule has 4 rings (SSSR count). The molecule has 6 heteroatoms. The summed E-state index contributed by atoms with van der Waals surface area (Å²) in [5.74, 6) is -0.0328. The zero-order valence-corrected chi connectivity index (χ0v) is 12.9. The number of hydrogen-bond donors (Lipinski definition) is 0. The Hall–Kier alpha value is -1.98. The molecule has 0 unspecified atom stereocenters. The summed E-state index contributed by atoms with van der Waals surface area (Å²) < 4.78 is 13.3. The van der Waals surface area contributed by atoms with Crippen LogP contribution in [0.25, 0.3) is 0 Å². The maximum absolute atomic E-state index is 13.3. The van der Waals surface area contributed by atoms with Crippen LogP contribution in [0.5, 0.6) is 0 Å². The van der Waals surface area contributed by atoms with E-state index in [0.29, 0.717) is 37.0 Å². The Balaban J connectivity index is 1.48. The largest absolute Gasteiger partial charge is 0.338 e. The minimum Gasteiger partial charge on any atom is -0.338 e. The number of hydrogen-bond acceptors (Lipinski definition) is 3. The quantitative estimate of drug-likeness (QED) is 0.836. The highest BCUT2D eigenvalue weighted by Crippen LogP contribution is 2.39. The fourth-order valence-corrected chi connectivity index (χ4v) is 4.02. The predicted molar refractivity (Wildman–Crippen MR) is 81.1 cm³/mol. The van der Waals surface area contributed by atoms with Crippen molar-refractivity contribution in [2.24, 2.45) is 5.92 Å². The molecule has 0 bridgehead atoms. The van der Waals surface area contributed by atoms with E-state index in [0.717, 1.165) is 31.9 Å². The molecule has 2 amide bonds. The van der Waals surface area contributed by atoms with Crippen LogP contribution in [0.1, 0.15) is 42.5 Å². The summed E-state index contributed by atoms with van der Waals surface area (Å²) >= 11 is 0. The second kappa shape index (κ2) is 5.58. The SMILES string of the molecule is O=C(c1cncc(F)c1)N1CC[C@H]2[C@@H](CCC(=O)N2C2CC2)C1. The molecular formula is C17H20FN3O2. The molecule has 2 saturated heterocycles. The Morgan fingerprint density at radius 3 is 2.78 bits per heavy atom. The maximum Gasteiger partial charge on any atom is 0.255 e. The van der Waals surface area contributed by atoms with E-state index in [1.54, 1.807) is 4.90 Å². The van der Waals surface area contributed by atoms with Crippen LogP contribution in [0.2, 0.25) is 0 Å². The predicted octanol–water partition coefficient (Wildman–Crippen LogP) is 1.84. The third-order valence-corrected chi connectivity index (χ3v) is 5.25. The van der Waals surface area contributed by atoms with Crippen molar-refractivity contribution in [3.63, 3.8) is 0 Å². The van der Waals surface area contributed by atoms with Crippen molar-refractivity contribution in [1.29, 1.82) is 0 Å². The van der Waals surface area contributed by atoms with Crippen LogP contribution in [0.4, 0.5) is 4.39 Å². The molecule has 0 radical (unpaired) electrons. The molecule has 3 heterocycles. The smallest absolute Gasteiger partial charge is 0.255 e. The molecular weight excluding hydrogens is 297 g/mol. The summed E-state index contributed by atoms with van der Waals surface area (Å²) in [7, 11) is 0. The number of nitrogens with zero attached hydrogens (tertiary/aromatic N) is 3. The molecule has 0 spiro atoms. The standard InChI is InChI=1S/C17H20FN3O2/c18-13-7-12(8-19-9-13)17(23)20-6-5-15-11(10-20)1-4-16(22)21(15)14-2-3-14/h7-9,11,14-15H,1-6,10H2/t11-,15-/m0/s1. The van der Waals surface area contributed by atoms with Gasteiger partial charge < -0.3 is 9.80 Å². The molecule has 0 aromatic carbocycles. The van der Waals surface area contributed by atoms with Crippen LogP contribution < -0.4 is 0 Å². The lowest BCUT2D eigenvalue weighted by Gasteiger charge is -2.47. The van der Waals surface area contributed by atoms with Gasteiger partial charge in [-0.1, -0.05) is 0 Å². The number of carbonyl (C=O) groups excluding carboxylic acids is 2. The summed E-state index contributed by atoms with van der Waals surface area (Å²) in [6.07, 6.45) is 7.00. The van der Waals surface area contributed by atoms with Crippen LogP contribution in [0, 0.1) is 11.7 Å². The van der Waals surface area contributed by atoms with Crippen molar-refractivity contribution >= 4 is 11.8 Å². The summed E-state index contributed by atoms with van der Waals surface area (Å²) in [6, 6.07) is 1.95. The molecule has 0 N–H and O–H groups in total. The fraction of sp³-hybridized carbons (Fsp3) is 0.588. The molecule has 3 aliphatic rings. The minimum atomic E-state index is -0.492. The van der Waals surface area contributed by atoms with Gasteiger partial charge in [0.05, 0.1) is 11.8 Å². The molecule has 23 heavy (non-hydrogen) atoms. The summed E-state index contributed by atoms with van der Waals surface area (Å²) in [6.45, 7) is 1.27. The van der Waals surface area contributed by atoms with Crippen LogP contribution in [0.3, 0.4) is 0 Å². The van der Waals surface area contributed by atoms with E-state index in [4.69, 9.17) is 0 Å². The molecule has 1 saturated carbocycles. The van der Waals surface area contributed by atoms with E-state index < -0.39 is 5.82 Å². The van der Waals surface area contributed by atoms with E-state index >= 15 is 0 Å². The summed E-state index contributed by atoms with van der Waals surface area (Å²) in [4.78, 5) is 32.4. The van der Waals surface area contributed by atoms with Gasteiger partial charge in [-0.05, 0) is 37.7 Å². The average molecular weight is 317 g/mol. The number of aromatic nitrogens is 1. The van der Waals surface area contributed by atoms with Crippen molar-refractivity contribution in [2.45, 2.75) is 44.2 Å². The van der Waals surface area contributed by atoms with Gasteiger partial charge in [-0.2, -0.15) is 0 Å². The fourth-order valence-electron chi connectivity index (χ4n) is 4.02. The van der Waals surface area contributed by atoms with E-state index in [1.165, 1.54) is 12.3 Å². The monoisotopic (exact) mass is 317 g/mol. The third-order valence-electron chi connectivity index (χ3n) is 5.25. The number of carbonyl (C=O) groups is 2. The van der Waals surface area contributed by atoms with Crippen molar-refractivity contribution in [2.75, 3.05) is 13.1 Å². The van der Waals surface area contributed by atoms with Crippen molar-refractivity contribution in [1.82, 2.24) is 14.8 Å². The van der Waals surface area contributed by atoms with Gasteiger partial charge in [-0.25, -0.2) is 4.39 Å². The normalized spacial score (nSPS) is 27.8. The Morgan fingerprint density at radius 1 is 1.22 bits per heavy atom. The number of amides is 2. The second-order valence-electron chi connectivity index (χ2n) is 6.83. The lowest BCUT2D eigenvalue weighted by molar-refractivity contribution is -0.141. The average Bonchev–Trinajstić information content (AvgIpc) is 3.38. The van der Waals surface area contributed by atoms with Gasteiger partial charge in [0.15, 0.2) is 0 Å². The molecule has 1 aromatic rings. The van der Waals surface area contributed by atoms with Gasteiger partial charge in [-0.15, -0.1) is 0 Å². The first kappa shape index (κ1) is 14.6. The van der Waals surface area contributed by atoms with Gasteiger partial charge in [0, 0.05) is 37.8 Å². The van der Waals surface area contributed by atoms with Crippen LogP contribution in [-0.4, -0.2) is 51.8 Å². The van der Waals surface area contributed by atoms with E-state index in [2.05, 4.69) is 9.88 Å². The number of piperidine rings is 2.